The number of nitrogens with one attached hydrogen (secondary N) is 2. The number of aryl methyl sites for hydroxylation is 2. The van der Waals surface area contributed by atoms with Gasteiger partial charge in [0.1, 0.15) is 17.5 Å². The Morgan fingerprint density at radius 1 is 1.24 bits per heavy atom. The monoisotopic (exact) mass is 449 g/mol. The van der Waals surface area contributed by atoms with Crippen molar-refractivity contribution < 1.29 is 9.53 Å². The zero-order valence-electron chi connectivity index (χ0n) is 20.0. The zero-order chi connectivity index (χ0) is 23.8. The van der Waals surface area contributed by atoms with Crippen LogP contribution >= 0.6 is 0 Å². The van der Waals surface area contributed by atoms with Gasteiger partial charge in [0.15, 0.2) is 0 Å². The van der Waals surface area contributed by atoms with Crippen LogP contribution in [0.4, 0.5) is 17.5 Å². The Labute approximate surface area is 194 Å². The maximum Gasteiger partial charge on any atom is 0.329 e. The van der Waals surface area contributed by atoms with Crippen LogP contribution in [0.3, 0.4) is 0 Å². The third-order valence-electron chi connectivity index (χ3n) is 5.28. The molecule has 1 aliphatic rings. The highest BCUT2D eigenvalue weighted by Gasteiger charge is 2.29. The number of hydrogen-bond donors (Lipinski definition) is 2. The van der Waals surface area contributed by atoms with Gasteiger partial charge in [-0.2, -0.15) is 5.10 Å². The van der Waals surface area contributed by atoms with Crippen molar-refractivity contribution in [1.82, 2.24) is 24.7 Å². The number of aromatic nitrogens is 5. The number of anilines is 3. The van der Waals surface area contributed by atoms with Gasteiger partial charge in [0, 0.05) is 24.0 Å². The number of esters is 1. The summed E-state index contributed by atoms with van der Waals surface area (Å²) in [6, 6.07) is 3.68. The van der Waals surface area contributed by atoms with Gasteiger partial charge in [-0.15, -0.1) is 0 Å². The summed E-state index contributed by atoms with van der Waals surface area (Å²) >= 11 is 0. The summed E-state index contributed by atoms with van der Waals surface area (Å²) in [6.07, 6.45) is 6.92. The van der Waals surface area contributed by atoms with Crippen molar-refractivity contribution in [3.8, 4) is 11.3 Å². The Morgan fingerprint density at radius 3 is 2.73 bits per heavy atom. The molecule has 0 saturated carbocycles. The van der Waals surface area contributed by atoms with E-state index in [-0.39, 0.29) is 18.1 Å². The highest BCUT2D eigenvalue weighted by Crippen LogP contribution is 2.28. The average molecular weight is 450 g/mol. The quantitative estimate of drug-likeness (QED) is 0.551. The molecule has 0 amide bonds. The molecule has 9 nitrogen and oxygen atoms in total. The van der Waals surface area contributed by atoms with E-state index in [9.17, 15) is 4.79 Å². The highest BCUT2D eigenvalue weighted by atomic mass is 16.6. The molecule has 1 atom stereocenters. The molecule has 4 heterocycles. The number of ether oxygens (including phenoxy) is 1. The lowest BCUT2D eigenvalue weighted by atomic mass is 10.0. The van der Waals surface area contributed by atoms with Gasteiger partial charge in [0.25, 0.3) is 0 Å². The first-order valence-electron chi connectivity index (χ1n) is 11.2. The predicted molar refractivity (Wildman–Crippen MR) is 127 cm³/mol. The molecule has 0 bridgehead atoms. The van der Waals surface area contributed by atoms with Crippen molar-refractivity contribution in [2.24, 2.45) is 0 Å². The Hall–Kier alpha value is -3.49. The van der Waals surface area contributed by atoms with Crippen LogP contribution in [0.5, 0.6) is 0 Å². The number of pyridine rings is 1. The van der Waals surface area contributed by atoms with Gasteiger partial charge in [0.05, 0.1) is 23.3 Å². The standard InChI is InChI=1S/C24H31N7O2/c1-14(2)31-13-16(12-26-31)21-15(3)11-25-23(30-21)29-20-10-9-17-18(28-20)7-8-19(27-17)22(32)33-24(4,5)6/h9-14,19,27H,7-8H2,1-6H3,(H,25,28,29,30). The SMILES string of the molecule is Cc1cnc(Nc2ccc3c(n2)CCC(C(=O)OC(C)(C)C)N3)nc1-c1cnn(C(C)C)c1. The summed E-state index contributed by atoms with van der Waals surface area (Å²) < 4.78 is 7.42. The minimum atomic E-state index is -0.509. The highest BCUT2D eigenvalue weighted by molar-refractivity contribution is 5.81. The van der Waals surface area contributed by atoms with E-state index in [0.717, 1.165) is 28.2 Å². The Kier molecular flexibility index (Phi) is 6.05. The van der Waals surface area contributed by atoms with Gasteiger partial charge in [-0.3, -0.25) is 4.68 Å². The molecule has 0 aliphatic carbocycles. The molecule has 33 heavy (non-hydrogen) atoms. The molecule has 0 spiro atoms. The number of carbonyl (C=O) groups excluding carboxylic acids is 1. The number of fused-ring (bicyclic) bond motifs is 1. The summed E-state index contributed by atoms with van der Waals surface area (Å²) in [5, 5.41) is 10.9. The number of hydrogen-bond acceptors (Lipinski definition) is 8. The van der Waals surface area contributed by atoms with Crippen molar-refractivity contribution in [2.45, 2.75) is 72.1 Å². The number of nitrogens with zero attached hydrogens (tertiary/aromatic N) is 5. The molecule has 1 unspecified atom stereocenters. The third kappa shape index (κ3) is 5.30. The normalized spacial score (nSPS) is 15.7. The van der Waals surface area contributed by atoms with Crippen LogP contribution in [0, 0.1) is 6.92 Å². The van der Waals surface area contributed by atoms with E-state index >= 15 is 0 Å². The molecule has 2 N–H and O–H groups in total. The Morgan fingerprint density at radius 2 is 2.03 bits per heavy atom. The smallest absolute Gasteiger partial charge is 0.329 e. The maximum absolute atomic E-state index is 12.4. The summed E-state index contributed by atoms with van der Waals surface area (Å²) in [7, 11) is 0. The molecular weight excluding hydrogens is 418 g/mol. The Balaban J connectivity index is 1.49. The van der Waals surface area contributed by atoms with E-state index < -0.39 is 5.60 Å². The number of rotatable bonds is 5. The molecule has 0 aromatic carbocycles. The molecule has 3 aromatic heterocycles. The van der Waals surface area contributed by atoms with Crippen LogP contribution < -0.4 is 10.6 Å². The van der Waals surface area contributed by atoms with E-state index in [4.69, 9.17) is 14.7 Å². The van der Waals surface area contributed by atoms with Gasteiger partial charge in [-0.1, -0.05) is 0 Å². The lowest BCUT2D eigenvalue weighted by molar-refractivity contribution is -0.156. The van der Waals surface area contributed by atoms with Crippen LogP contribution in [0.2, 0.25) is 0 Å². The minimum Gasteiger partial charge on any atom is -0.458 e. The zero-order valence-corrected chi connectivity index (χ0v) is 20.0. The number of carbonyl (C=O) groups is 1. The molecule has 0 radical (unpaired) electrons. The maximum atomic E-state index is 12.4. The molecule has 0 fully saturated rings. The van der Waals surface area contributed by atoms with Crippen LogP contribution in [0.15, 0.2) is 30.7 Å². The van der Waals surface area contributed by atoms with Crippen molar-refractivity contribution in [1.29, 1.82) is 0 Å². The molecule has 0 saturated heterocycles. The van der Waals surface area contributed by atoms with Crippen molar-refractivity contribution >= 4 is 23.4 Å². The van der Waals surface area contributed by atoms with Gasteiger partial charge in [-0.25, -0.2) is 19.7 Å². The second-order valence-corrected chi connectivity index (χ2v) is 9.61. The summed E-state index contributed by atoms with van der Waals surface area (Å²) in [5.74, 6) is 0.881. The lowest BCUT2D eigenvalue weighted by Crippen LogP contribution is -2.39. The van der Waals surface area contributed by atoms with Crippen molar-refractivity contribution in [3.05, 3.63) is 42.0 Å². The second-order valence-electron chi connectivity index (χ2n) is 9.61. The molecule has 3 aromatic rings. The summed E-state index contributed by atoms with van der Waals surface area (Å²) in [5.41, 5.74) is 3.98. The van der Waals surface area contributed by atoms with Crippen molar-refractivity contribution in [2.75, 3.05) is 10.6 Å². The van der Waals surface area contributed by atoms with Crippen LogP contribution in [0.1, 0.15) is 58.3 Å². The lowest BCUT2D eigenvalue weighted by Gasteiger charge is -2.28. The molecule has 4 rings (SSSR count). The van der Waals surface area contributed by atoms with Gasteiger partial charge in [0.2, 0.25) is 5.95 Å². The van der Waals surface area contributed by atoms with Crippen LogP contribution in [0.25, 0.3) is 11.3 Å². The predicted octanol–water partition coefficient (Wildman–Crippen LogP) is 4.44. The topological polar surface area (TPSA) is 107 Å². The molecular formula is C24H31N7O2. The Bertz CT molecular complexity index is 1160. The summed E-state index contributed by atoms with van der Waals surface area (Å²) in [4.78, 5) is 26.2. The first-order valence-corrected chi connectivity index (χ1v) is 11.2. The van der Waals surface area contributed by atoms with E-state index in [1.165, 1.54) is 0 Å². The second kappa shape index (κ2) is 8.80. The van der Waals surface area contributed by atoms with E-state index in [1.807, 2.05) is 56.9 Å². The molecule has 9 heteroatoms. The van der Waals surface area contributed by atoms with Gasteiger partial charge >= 0.3 is 5.97 Å². The fourth-order valence-electron chi connectivity index (χ4n) is 3.64. The van der Waals surface area contributed by atoms with Crippen LogP contribution in [-0.4, -0.2) is 42.3 Å². The third-order valence-corrected chi connectivity index (χ3v) is 5.28. The first-order chi connectivity index (χ1) is 15.6. The molecule has 174 valence electrons. The summed E-state index contributed by atoms with van der Waals surface area (Å²) in [6.45, 7) is 11.8. The van der Waals surface area contributed by atoms with Gasteiger partial charge < -0.3 is 15.4 Å². The fourth-order valence-corrected chi connectivity index (χ4v) is 3.64. The van der Waals surface area contributed by atoms with Crippen molar-refractivity contribution in [3.63, 3.8) is 0 Å². The van der Waals surface area contributed by atoms with E-state index in [2.05, 4.69) is 34.6 Å². The average Bonchev–Trinajstić information content (AvgIpc) is 3.24. The van der Waals surface area contributed by atoms with E-state index in [1.54, 1.807) is 6.20 Å². The van der Waals surface area contributed by atoms with Crippen LogP contribution in [-0.2, 0) is 16.0 Å². The first kappa shape index (κ1) is 22.7. The van der Waals surface area contributed by atoms with E-state index in [0.29, 0.717) is 24.6 Å². The minimum absolute atomic E-state index is 0.239. The molecule has 1 aliphatic heterocycles. The van der Waals surface area contributed by atoms with Gasteiger partial charge in [-0.05, 0) is 72.1 Å². The largest absolute Gasteiger partial charge is 0.458 e. The fraction of sp³-hybridized carbons (Fsp3) is 0.458.